The van der Waals surface area contributed by atoms with Gasteiger partial charge in [-0.05, 0) is 36.6 Å². The summed E-state index contributed by atoms with van der Waals surface area (Å²) in [5.74, 6) is 0.0522. The Balaban J connectivity index is 1.78. The highest BCUT2D eigenvalue weighted by atomic mass is 16.3. The average molecular weight is 272 g/mol. The maximum atomic E-state index is 11.7. The number of H-pyrrole nitrogens is 1. The van der Waals surface area contributed by atoms with Gasteiger partial charge in [-0.15, -0.1) is 0 Å². The Kier molecular flexibility index (Phi) is 3.18. The van der Waals surface area contributed by atoms with E-state index in [-0.39, 0.29) is 17.6 Å². The van der Waals surface area contributed by atoms with Gasteiger partial charge in [0.25, 0.3) is 0 Å². The second kappa shape index (κ2) is 5.00. The first-order valence-electron chi connectivity index (χ1n) is 6.77. The van der Waals surface area contributed by atoms with E-state index in [0.717, 1.165) is 16.5 Å². The lowest BCUT2D eigenvalue weighted by Crippen LogP contribution is -2.41. The molecule has 1 aromatic carbocycles. The van der Waals surface area contributed by atoms with Crippen LogP contribution in [-0.4, -0.2) is 33.3 Å². The molecule has 0 atom stereocenters. The van der Waals surface area contributed by atoms with E-state index in [2.05, 4.69) is 4.98 Å². The Morgan fingerprint density at radius 3 is 2.70 bits per heavy atom. The van der Waals surface area contributed by atoms with E-state index in [9.17, 15) is 14.7 Å². The summed E-state index contributed by atoms with van der Waals surface area (Å²) in [6, 6.07) is 5.13. The molecule has 1 aliphatic heterocycles. The van der Waals surface area contributed by atoms with Gasteiger partial charge in [0.2, 0.25) is 11.8 Å². The smallest absolute Gasteiger partial charge is 0.229 e. The number of likely N-dealkylation sites (tertiary alicyclic amines) is 1. The van der Waals surface area contributed by atoms with E-state index in [1.807, 2.05) is 12.3 Å². The van der Waals surface area contributed by atoms with Crippen LogP contribution in [0.25, 0.3) is 10.9 Å². The number of benzene rings is 1. The van der Waals surface area contributed by atoms with E-state index in [4.69, 9.17) is 0 Å². The molecule has 0 radical (unpaired) electrons. The van der Waals surface area contributed by atoms with Crippen molar-refractivity contribution in [2.45, 2.75) is 25.7 Å². The SMILES string of the molecule is O=C1CCCC(=O)N1CCc1c[nH]c2ccc(O)cc12. The summed E-state index contributed by atoms with van der Waals surface area (Å²) < 4.78 is 0. The van der Waals surface area contributed by atoms with Crippen LogP contribution in [0.4, 0.5) is 0 Å². The van der Waals surface area contributed by atoms with Crippen LogP contribution in [0.1, 0.15) is 24.8 Å². The molecule has 1 saturated heterocycles. The predicted octanol–water partition coefficient (Wildman–Crippen LogP) is 1.96. The quantitative estimate of drug-likeness (QED) is 0.839. The van der Waals surface area contributed by atoms with E-state index in [1.165, 1.54) is 4.90 Å². The topological polar surface area (TPSA) is 73.4 Å². The van der Waals surface area contributed by atoms with Gasteiger partial charge in [-0.3, -0.25) is 14.5 Å². The van der Waals surface area contributed by atoms with Crippen LogP contribution in [0.5, 0.6) is 5.75 Å². The third-order valence-electron chi connectivity index (χ3n) is 3.74. The molecule has 0 saturated carbocycles. The molecule has 1 aliphatic rings. The fourth-order valence-electron chi connectivity index (χ4n) is 2.65. The number of phenolic OH excluding ortho intramolecular Hbond substituents is 1. The number of hydrogen-bond donors (Lipinski definition) is 2. The lowest BCUT2D eigenvalue weighted by atomic mass is 10.1. The lowest BCUT2D eigenvalue weighted by molar-refractivity contribution is -0.147. The fraction of sp³-hybridized carbons (Fsp3) is 0.333. The van der Waals surface area contributed by atoms with Gasteiger partial charge in [-0.1, -0.05) is 0 Å². The number of hydrogen-bond acceptors (Lipinski definition) is 3. The van der Waals surface area contributed by atoms with Crippen LogP contribution < -0.4 is 0 Å². The molecular formula is C15H16N2O3. The third-order valence-corrected chi connectivity index (χ3v) is 3.74. The molecular weight excluding hydrogens is 256 g/mol. The van der Waals surface area contributed by atoms with Crippen molar-refractivity contribution in [1.29, 1.82) is 0 Å². The van der Waals surface area contributed by atoms with Crippen LogP contribution in [0, 0.1) is 0 Å². The summed E-state index contributed by atoms with van der Waals surface area (Å²) in [7, 11) is 0. The van der Waals surface area contributed by atoms with Gasteiger partial charge in [-0.25, -0.2) is 0 Å². The molecule has 0 spiro atoms. The molecule has 2 heterocycles. The summed E-state index contributed by atoms with van der Waals surface area (Å²) in [5.41, 5.74) is 1.94. The number of carbonyl (C=O) groups excluding carboxylic acids is 2. The van der Waals surface area contributed by atoms with Gasteiger partial charge >= 0.3 is 0 Å². The molecule has 2 amide bonds. The number of piperidine rings is 1. The molecule has 5 heteroatoms. The monoisotopic (exact) mass is 272 g/mol. The first-order chi connectivity index (χ1) is 9.65. The largest absolute Gasteiger partial charge is 0.508 e. The Morgan fingerprint density at radius 1 is 1.20 bits per heavy atom. The summed E-state index contributed by atoms with van der Waals surface area (Å²) >= 11 is 0. The summed E-state index contributed by atoms with van der Waals surface area (Å²) in [6.07, 6.45) is 4.04. The van der Waals surface area contributed by atoms with Gasteiger partial charge in [0.15, 0.2) is 0 Å². The molecule has 104 valence electrons. The van der Waals surface area contributed by atoms with E-state index in [0.29, 0.717) is 32.2 Å². The number of aromatic amines is 1. The fourth-order valence-corrected chi connectivity index (χ4v) is 2.65. The standard InChI is InChI=1S/C15H16N2O3/c18-11-4-5-13-12(8-11)10(9-16-13)6-7-17-14(19)2-1-3-15(17)20/h4-5,8-9,16,18H,1-3,6-7H2. The predicted molar refractivity (Wildman–Crippen MR) is 74.2 cm³/mol. The van der Waals surface area contributed by atoms with Gasteiger partial charge in [0, 0.05) is 36.5 Å². The normalized spacial score (nSPS) is 16.1. The first-order valence-corrected chi connectivity index (χ1v) is 6.77. The van der Waals surface area contributed by atoms with Crippen molar-refractivity contribution in [2.75, 3.05) is 6.54 Å². The highest BCUT2D eigenvalue weighted by Gasteiger charge is 2.25. The zero-order valence-electron chi connectivity index (χ0n) is 11.1. The molecule has 5 nitrogen and oxygen atoms in total. The summed E-state index contributed by atoms with van der Waals surface area (Å²) in [6.45, 7) is 0.403. The number of nitrogens with zero attached hydrogens (tertiary/aromatic N) is 1. The Hall–Kier alpha value is -2.30. The minimum Gasteiger partial charge on any atom is -0.508 e. The zero-order valence-corrected chi connectivity index (χ0v) is 11.1. The van der Waals surface area contributed by atoms with Gasteiger partial charge in [0.1, 0.15) is 5.75 Å². The van der Waals surface area contributed by atoms with Crippen molar-refractivity contribution in [2.24, 2.45) is 0 Å². The van der Waals surface area contributed by atoms with Crippen LogP contribution in [0.2, 0.25) is 0 Å². The zero-order chi connectivity index (χ0) is 14.1. The third kappa shape index (κ3) is 2.27. The molecule has 0 unspecified atom stereocenters. The van der Waals surface area contributed by atoms with Crippen LogP contribution in [0.15, 0.2) is 24.4 Å². The van der Waals surface area contributed by atoms with Gasteiger partial charge in [-0.2, -0.15) is 0 Å². The maximum Gasteiger partial charge on any atom is 0.229 e. The van der Waals surface area contributed by atoms with Crippen LogP contribution >= 0.6 is 0 Å². The number of imide groups is 1. The number of phenols is 1. The molecule has 20 heavy (non-hydrogen) atoms. The molecule has 0 bridgehead atoms. The Morgan fingerprint density at radius 2 is 1.95 bits per heavy atom. The number of amides is 2. The van der Waals surface area contributed by atoms with Crippen molar-refractivity contribution in [1.82, 2.24) is 9.88 Å². The minimum absolute atomic E-state index is 0.0797. The van der Waals surface area contributed by atoms with Crippen LogP contribution in [-0.2, 0) is 16.0 Å². The minimum atomic E-state index is -0.0797. The molecule has 3 rings (SSSR count). The van der Waals surface area contributed by atoms with Crippen molar-refractivity contribution in [3.63, 3.8) is 0 Å². The van der Waals surface area contributed by atoms with Crippen molar-refractivity contribution in [3.8, 4) is 5.75 Å². The van der Waals surface area contributed by atoms with E-state index in [1.54, 1.807) is 12.1 Å². The summed E-state index contributed by atoms with van der Waals surface area (Å²) in [4.78, 5) is 28.0. The number of rotatable bonds is 3. The summed E-state index contributed by atoms with van der Waals surface area (Å²) in [5, 5.41) is 10.5. The highest BCUT2D eigenvalue weighted by molar-refractivity contribution is 5.97. The van der Waals surface area contributed by atoms with E-state index >= 15 is 0 Å². The average Bonchev–Trinajstić information content (AvgIpc) is 2.81. The number of aromatic hydroxyl groups is 1. The molecule has 0 aliphatic carbocycles. The van der Waals surface area contributed by atoms with Gasteiger partial charge < -0.3 is 10.1 Å². The van der Waals surface area contributed by atoms with Crippen molar-refractivity contribution < 1.29 is 14.7 Å². The second-order valence-electron chi connectivity index (χ2n) is 5.09. The first kappa shape index (κ1) is 12.7. The second-order valence-corrected chi connectivity index (χ2v) is 5.09. The lowest BCUT2D eigenvalue weighted by Gasteiger charge is -2.24. The maximum absolute atomic E-state index is 11.7. The molecule has 1 fully saturated rings. The van der Waals surface area contributed by atoms with Gasteiger partial charge in [0.05, 0.1) is 0 Å². The number of carbonyl (C=O) groups is 2. The number of fused-ring (bicyclic) bond motifs is 1. The highest BCUT2D eigenvalue weighted by Crippen LogP contribution is 2.24. The number of aromatic nitrogens is 1. The van der Waals surface area contributed by atoms with E-state index < -0.39 is 0 Å². The Labute approximate surface area is 116 Å². The van der Waals surface area contributed by atoms with Crippen molar-refractivity contribution in [3.05, 3.63) is 30.0 Å². The van der Waals surface area contributed by atoms with Crippen LogP contribution in [0.3, 0.4) is 0 Å². The molecule has 2 aromatic rings. The Bertz CT molecular complexity index is 659. The molecule has 2 N–H and O–H groups in total. The number of nitrogens with one attached hydrogen (secondary N) is 1. The molecule has 1 aromatic heterocycles. The van der Waals surface area contributed by atoms with Crippen molar-refractivity contribution >= 4 is 22.7 Å².